The minimum Gasteiger partial charge on any atom is 0 e. The molecule has 5 aromatic heterocycles. The van der Waals surface area contributed by atoms with E-state index in [4.69, 9.17) is 9.40 Å². The van der Waals surface area contributed by atoms with Crippen LogP contribution in [-0.4, -0.2) is 37.8 Å². The number of para-hydroxylation sites is 2. The van der Waals surface area contributed by atoms with Crippen molar-refractivity contribution in [2.45, 2.75) is 38.0 Å². The molecule has 8 rings (SSSR count). The van der Waals surface area contributed by atoms with Crippen LogP contribution in [0.1, 0.15) is 17.0 Å². The second-order valence-electron chi connectivity index (χ2n) is 13.0. The molecule has 49 heavy (non-hydrogen) atoms. The Balaban J connectivity index is 0.000000208. The molecule has 0 N–H and O–H groups in total. The SMILES string of the molecule is Cc1cc(-n2c(-c3[c-]cc(C)c4c3oc3nc(F)ccc34)nc3ccccc32)cc(C)n1.[CH3][Ge]([CH3])([CH3])[c]1ccc(-c2[c-]cccc2)nc1.[Ir]. The maximum Gasteiger partial charge on any atom is 0 e. The van der Waals surface area contributed by atoms with Crippen LogP contribution < -0.4 is 4.40 Å². The summed E-state index contributed by atoms with van der Waals surface area (Å²) >= 11 is -1.72. The molecule has 0 aliphatic heterocycles. The average Bonchev–Trinajstić information content (AvgIpc) is 3.64. The van der Waals surface area contributed by atoms with Gasteiger partial charge in [-0.3, -0.25) is 9.97 Å². The standard InChI is InChI=1S/C26H18FN4O.C14H16GeN.Ir/c1-14-8-9-19(24-23(14)18-10-11-22(27)30-26(18)32-24)25-29-20-6-4-5-7-21(20)31(25)17-12-15(2)28-16(3)13-17;1-15(2,3)13-9-10-14(16-11-13)12-7-5-4-6-8-12;/h4-8,10-13H,1-3H3;4-7,9-11H,1-3H3;/q2*-1;. The Labute approximate surface area is 301 Å². The molecule has 0 saturated carbocycles. The number of fused-ring (bicyclic) bond motifs is 4. The summed E-state index contributed by atoms with van der Waals surface area (Å²) in [5, 5.41) is 1.66. The molecule has 0 saturated heterocycles. The number of benzene rings is 3. The van der Waals surface area contributed by atoms with Crippen LogP contribution in [0.4, 0.5) is 4.39 Å². The van der Waals surface area contributed by atoms with Crippen molar-refractivity contribution in [2.75, 3.05) is 0 Å². The molecular formula is C40H34FGeIrN5O-2. The van der Waals surface area contributed by atoms with Gasteiger partial charge in [0, 0.05) is 42.6 Å². The summed E-state index contributed by atoms with van der Waals surface area (Å²) in [6.45, 7) is 5.94. The first-order valence-electron chi connectivity index (χ1n) is 15.8. The fourth-order valence-corrected chi connectivity index (χ4v) is 8.13. The summed E-state index contributed by atoms with van der Waals surface area (Å²) in [6.07, 6.45) is 2.04. The van der Waals surface area contributed by atoms with Crippen molar-refractivity contribution in [1.82, 2.24) is 24.5 Å². The predicted octanol–water partition coefficient (Wildman–Crippen LogP) is 9.34. The van der Waals surface area contributed by atoms with Crippen molar-refractivity contribution in [3.63, 3.8) is 0 Å². The van der Waals surface area contributed by atoms with Crippen LogP contribution >= 0.6 is 0 Å². The van der Waals surface area contributed by atoms with Crippen LogP contribution in [0.3, 0.4) is 0 Å². The van der Waals surface area contributed by atoms with Gasteiger partial charge in [0.1, 0.15) is 0 Å². The first-order chi connectivity index (χ1) is 23.1. The molecule has 0 fully saturated rings. The van der Waals surface area contributed by atoms with E-state index in [0.717, 1.165) is 55.7 Å². The van der Waals surface area contributed by atoms with E-state index in [2.05, 4.69) is 61.1 Å². The van der Waals surface area contributed by atoms with Gasteiger partial charge in [0.25, 0.3) is 0 Å². The summed E-state index contributed by atoms with van der Waals surface area (Å²) in [5.74, 6) is 7.26. The minimum atomic E-state index is -1.72. The third kappa shape index (κ3) is 6.86. The summed E-state index contributed by atoms with van der Waals surface area (Å²) in [6, 6.07) is 35.9. The summed E-state index contributed by atoms with van der Waals surface area (Å²) in [4.78, 5) is 17.9. The fourth-order valence-electron chi connectivity index (χ4n) is 5.95. The van der Waals surface area contributed by atoms with E-state index in [1.807, 2.05) is 93.7 Å². The predicted molar refractivity (Wildman–Crippen MR) is 194 cm³/mol. The molecule has 3 aromatic carbocycles. The molecule has 0 amide bonds. The Morgan fingerprint density at radius 1 is 0.816 bits per heavy atom. The molecular weight excluding hydrogens is 850 g/mol. The Hall–Kier alpha value is -4.50. The van der Waals surface area contributed by atoms with E-state index in [1.165, 1.54) is 10.5 Å². The monoisotopic (exact) mass is 886 g/mol. The molecule has 8 aromatic rings. The number of imidazole rings is 1. The van der Waals surface area contributed by atoms with Crippen LogP contribution in [0, 0.1) is 38.9 Å². The topological polar surface area (TPSA) is 69.6 Å². The number of halogens is 1. The van der Waals surface area contributed by atoms with Crippen LogP contribution in [0.2, 0.25) is 17.3 Å². The van der Waals surface area contributed by atoms with E-state index in [9.17, 15) is 4.39 Å². The maximum absolute atomic E-state index is 13.8. The van der Waals surface area contributed by atoms with Crippen LogP contribution in [0.5, 0.6) is 0 Å². The summed E-state index contributed by atoms with van der Waals surface area (Å²) in [5.41, 5.74) is 9.25. The number of rotatable bonds is 4. The summed E-state index contributed by atoms with van der Waals surface area (Å²) < 4.78 is 23.4. The van der Waals surface area contributed by atoms with E-state index >= 15 is 0 Å². The van der Waals surface area contributed by atoms with Gasteiger partial charge in [-0.15, -0.1) is 17.7 Å². The Morgan fingerprint density at radius 3 is 2.27 bits per heavy atom. The van der Waals surface area contributed by atoms with E-state index in [0.29, 0.717) is 17.0 Å². The zero-order chi connectivity index (χ0) is 33.6. The molecule has 0 bridgehead atoms. The first kappa shape index (κ1) is 34.4. The molecule has 6 nitrogen and oxygen atoms in total. The average molecular weight is 885 g/mol. The molecule has 0 aliphatic rings. The van der Waals surface area contributed by atoms with E-state index in [-0.39, 0.29) is 25.8 Å². The molecule has 0 atom stereocenters. The van der Waals surface area contributed by atoms with Gasteiger partial charge in [-0.05, 0) is 50.2 Å². The fraction of sp³-hybridized carbons (Fsp3) is 0.150. The maximum atomic E-state index is 13.8. The Bertz CT molecular complexity index is 2410. The third-order valence-electron chi connectivity index (χ3n) is 8.30. The number of nitrogens with zero attached hydrogens (tertiary/aromatic N) is 5. The number of furan rings is 1. The van der Waals surface area contributed by atoms with Gasteiger partial charge in [0.2, 0.25) is 11.7 Å². The second kappa shape index (κ2) is 13.8. The van der Waals surface area contributed by atoms with Gasteiger partial charge >= 0.3 is 99.8 Å². The second-order valence-corrected chi connectivity index (χ2v) is 23.6. The van der Waals surface area contributed by atoms with Crippen LogP contribution in [0.25, 0.3) is 61.4 Å². The molecule has 0 unspecified atom stereocenters. The number of hydrogen-bond acceptors (Lipinski definition) is 5. The van der Waals surface area contributed by atoms with Crippen molar-refractivity contribution in [2.24, 2.45) is 0 Å². The zero-order valence-corrected chi connectivity index (χ0v) is 32.6. The zero-order valence-electron chi connectivity index (χ0n) is 28.1. The Kier molecular flexibility index (Phi) is 9.67. The third-order valence-corrected chi connectivity index (χ3v) is 12.6. The van der Waals surface area contributed by atoms with Gasteiger partial charge in [-0.25, -0.2) is 0 Å². The van der Waals surface area contributed by atoms with Crippen LogP contribution in [-0.2, 0) is 20.1 Å². The molecule has 0 spiro atoms. The van der Waals surface area contributed by atoms with Gasteiger partial charge in [-0.1, -0.05) is 30.0 Å². The number of aryl methyl sites for hydroxylation is 3. The largest absolute Gasteiger partial charge is 0 e. The van der Waals surface area contributed by atoms with Crippen molar-refractivity contribution in [3.8, 4) is 28.3 Å². The summed E-state index contributed by atoms with van der Waals surface area (Å²) in [7, 11) is 0. The van der Waals surface area contributed by atoms with Crippen molar-refractivity contribution in [3.05, 3.63) is 132 Å². The number of aromatic nitrogens is 5. The van der Waals surface area contributed by atoms with E-state index in [1.54, 1.807) is 6.07 Å². The van der Waals surface area contributed by atoms with Crippen molar-refractivity contribution >= 4 is 50.8 Å². The molecule has 0 aliphatic carbocycles. The Morgan fingerprint density at radius 2 is 1.57 bits per heavy atom. The first-order valence-corrected chi connectivity index (χ1v) is 23.2. The van der Waals surface area contributed by atoms with Gasteiger partial charge in [-0.2, -0.15) is 9.37 Å². The van der Waals surface area contributed by atoms with Crippen LogP contribution in [0.15, 0.2) is 102 Å². The van der Waals surface area contributed by atoms with Crippen molar-refractivity contribution < 1.29 is 28.9 Å². The number of hydrogen-bond donors (Lipinski definition) is 0. The smallest absolute Gasteiger partial charge is 0 e. The van der Waals surface area contributed by atoms with Gasteiger partial charge < -0.3 is 8.98 Å². The van der Waals surface area contributed by atoms with Gasteiger partial charge in [0.05, 0.1) is 22.4 Å². The molecule has 247 valence electrons. The number of pyridine rings is 3. The van der Waals surface area contributed by atoms with E-state index < -0.39 is 19.2 Å². The normalized spacial score (nSPS) is 11.4. The quantitative estimate of drug-likeness (QED) is 0.100. The minimum absolute atomic E-state index is 0. The van der Waals surface area contributed by atoms with Crippen molar-refractivity contribution in [1.29, 1.82) is 0 Å². The molecule has 9 heteroatoms. The van der Waals surface area contributed by atoms with Gasteiger partial charge in [0.15, 0.2) is 0 Å². The molecule has 1 radical (unpaired) electrons. The molecule has 5 heterocycles.